The summed E-state index contributed by atoms with van der Waals surface area (Å²) < 4.78 is 1.81. The van der Waals surface area contributed by atoms with Crippen molar-refractivity contribution < 1.29 is 0 Å². The zero-order chi connectivity index (χ0) is 9.42. The van der Waals surface area contributed by atoms with Gasteiger partial charge in [0, 0.05) is 11.6 Å². The predicted octanol–water partition coefficient (Wildman–Crippen LogP) is 3.58. The van der Waals surface area contributed by atoms with Crippen LogP contribution < -0.4 is 0 Å². The van der Waals surface area contributed by atoms with Crippen LogP contribution in [0.5, 0.6) is 0 Å². The van der Waals surface area contributed by atoms with Gasteiger partial charge in [-0.2, -0.15) is 5.26 Å². The Morgan fingerprint density at radius 1 is 1.62 bits per heavy atom. The van der Waals surface area contributed by atoms with Crippen LogP contribution in [0.3, 0.4) is 0 Å². The van der Waals surface area contributed by atoms with Gasteiger partial charge in [-0.15, -0.1) is 11.3 Å². The van der Waals surface area contributed by atoms with E-state index < -0.39 is 0 Å². The Kier molecular flexibility index (Phi) is 2.24. The maximum atomic E-state index is 8.79. The molecule has 0 atom stereocenters. The Morgan fingerprint density at radius 2 is 2.38 bits per heavy atom. The third-order valence-corrected chi connectivity index (χ3v) is 3.65. The van der Waals surface area contributed by atoms with Crippen LogP contribution in [0, 0.1) is 11.3 Å². The number of hydrogen-bond acceptors (Lipinski definition) is 3. The smallest absolute Gasteiger partial charge is 0.146 e. The van der Waals surface area contributed by atoms with E-state index in [4.69, 9.17) is 16.9 Å². The second-order valence-corrected chi connectivity index (χ2v) is 5.16. The van der Waals surface area contributed by atoms with Crippen LogP contribution in [0.2, 0.25) is 5.15 Å². The minimum absolute atomic E-state index is 0.449. The topological polar surface area (TPSA) is 36.7 Å². The van der Waals surface area contributed by atoms with E-state index in [-0.39, 0.29) is 0 Å². The molecule has 5 heteroatoms. The molecule has 0 bridgehead atoms. The lowest BCUT2D eigenvalue weighted by Gasteiger charge is -1.93. The first kappa shape index (κ1) is 8.95. The molecule has 2 nitrogen and oxygen atoms in total. The maximum absolute atomic E-state index is 8.79. The molecule has 2 aromatic heterocycles. The highest BCUT2D eigenvalue weighted by molar-refractivity contribution is 9.11. The highest BCUT2D eigenvalue weighted by Gasteiger charge is 2.08. The highest BCUT2D eigenvalue weighted by atomic mass is 79.9. The molecule has 0 amide bonds. The maximum Gasteiger partial charge on any atom is 0.146 e. The lowest BCUT2D eigenvalue weighted by atomic mass is 10.2. The fourth-order valence-corrected chi connectivity index (χ4v) is 2.82. The third kappa shape index (κ3) is 1.44. The van der Waals surface area contributed by atoms with E-state index in [2.05, 4.69) is 27.0 Å². The van der Waals surface area contributed by atoms with E-state index in [1.807, 2.05) is 6.07 Å². The summed E-state index contributed by atoms with van der Waals surface area (Å²) in [6.45, 7) is 0. The van der Waals surface area contributed by atoms with Gasteiger partial charge in [0.15, 0.2) is 0 Å². The summed E-state index contributed by atoms with van der Waals surface area (Å²) in [5.41, 5.74) is 0.557. The monoisotopic (exact) mass is 272 g/mol. The molecule has 0 unspecified atom stereocenters. The molecule has 0 aromatic carbocycles. The Bertz CT molecular complexity index is 515. The van der Waals surface area contributed by atoms with E-state index >= 15 is 0 Å². The van der Waals surface area contributed by atoms with E-state index in [1.54, 1.807) is 0 Å². The Balaban J connectivity index is 2.94. The second kappa shape index (κ2) is 3.26. The van der Waals surface area contributed by atoms with Crippen LogP contribution in [-0.2, 0) is 0 Å². The van der Waals surface area contributed by atoms with Gasteiger partial charge in [0.2, 0.25) is 0 Å². The average molecular weight is 274 g/mol. The van der Waals surface area contributed by atoms with Gasteiger partial charge >= 0.3 is 0 Å². The van der Waals surface area contributed by atoms with Gasteiger partial charge in [0.25, 0.3) is 0 Å². The predicted molar refractivity (Wildman–Crippen MR) is 57.0 cm³/mol. The zero-order valence-corrected chi connectivity index (χ0v) is 9.37. The summed E-state index contributed by atoms with van der Waals surface area (Å²) in [5.74, 6) is 0. The summed E-state index contributed by atoms with van der Waals surface area (Å²) in [4.78, 5) is 3.92. The summed E-state index contributed by atoms with van der Waals surface area (Å²) in [5, 5.41) is 10.1. The third-order valence-electron chi connectivity index (χ3n) is 1.61. The summed E-state index contributed by atoms with van der Waals surface area (Å²) in [6, 6.07) is 3.96. The zero-order valence-electron chi connectivity index (χ0n) is 6.21. The van der Waals surface area contributed by atoms with Gasteiger partial charge in [-0.3, -0.25) is 0 Å². The minimum Gasteiger partial charge on any atom is -0.242 e. The van der Waals surface area contributed by atoms with Crippen molar-refractivity contribution in [2.75, 3.05) is 0 Å². The molecule has 13 heavy (non-hydrogen) atoms. The van der Waals surface area contributed by atoms with Crippen molar-refractivity contribution in [3.8, 4) is 6.07 Å². The SMILES string of the molecule is N#Cc1cnc(Cl)c2sc(Br)cc12. The molecule has 0 aliphatic carbocycles. The molecule has 0 spiro atoms. The van der Waals surface area contributed by atoms with Crippen molar-refractivity contribution in [1.82, 2.24) is 4.98 Å². The quantitative estimate of drug-likeness (QED) is 0.688. The van der Waals surface area contributed by atoms with Crippen molar-refractivity contribution in [2.24, 2.45) is 0 Å². The molecule has 0 aliphatic rings. The summed E-state index contributed by atoms with van der Waals surface area (Å²) in [6.07, 6.45) is 1.49. The van der Waals surface area contributed by atoms with Crippen molar-refractivity contribution in [3.05, 3.63) is 26.8 Å². The number of hydrogen-bond donors (Lipinski definition) is 0. The van der Waals surface area contributed by atoms with Crippen LogP contribution in [0.15, 0.2) is 16.0 Å². The number of nitriles is 1. The van der Waals surface area contributed by atoms with E-state index in [0.29, 0.717) is 10.7 Å². The molecule has 0 saturated carbocycles. The standard InChI is InChI=1S/C8H2BrClN2S/c9-6-1-5-4(2-11)3-12-8(10)7(5)13-6/h1,3H. The van der Waals surface area contributed by atoms with Crippen molar-refractivity contribution in [2.45, 2.75) is 0 Å². The summed E-state index contributed by atoms with van der Waals surface area (Å²) in [7, 11) is 0. The van der Waals surface area contributed by atoms with Crippen LogP contribution in [0.1, 0.15) is 5.56 Å². The molecule has 2 aromatic rings. The van der Waals surface area contributed by atoms with E-state index in [1.165, 1.54) is 17.5 Å². The van der Waals surface area contributed by atoms with Crippen LogP contribution in [-0.4, -0.2) is 4.98 Å². The lowest BCUT2D eigenvalue weighted by Crippen LogP contribution is -1.79. The highest BCUT2D eigenvalue weighted by Crippen LogP contribution is 2.35. The first-order chi connectivity index (χ1) is 6.22. The number of aromatic nitrogens is 1. The van der Waals surface area contributed by atoms with Gasteiger partial charge < -0.3 is 0 Å². The van der Waals surface area contributed by atoms with Crippen LogP contribution in [0.4, 0.5) is 0 Å². The van der Waals surface area contributed by atoms with E-state index in [0.717, 1.165) is 13.9 Å². The van der Waals surface area contributed by atoms with Crippen molar-refractivity contribution >= 4 is 49.0 Å². The van der Waals surface area contributed by atoms with Gasteiger partial charge in [-0.25, -0.2) is 4.98 Å². The van der Waals surface area contributed by atoms with Gasteiger partial charge in [-0.05, 0) is 22.0 Å². The van der Waals surface area contributed by atoms with Crippen molar-refractivity contribution in [3.63, 3.8) is 0 Å². The molecule has 0 N–H and O–H groups in total. The lowest BCUT2D eigenvalue weighted by molar-refractivity contribution is 1.35. The molecule has 0 saturated heterocycles. The van der Waals surface area contributed by atoms with Gasteiger partial charge in [0.05, 0.1) is 14.0 Å². The normalized spacial score (nSPS) is 10.2. The Morgan fingerprint density at radius 3 is 3.08 bits per heavy atom. The molecule has 2 heterocycles. The van der Waals surface area contributed by atoms with Crippen molar-refractivity contribution in [1.29, 1.82) is 5.26 Å². The molecular formula is C8H2BrClN2S. The fourth-order valence-electron chi connectivity index (χ4n) is 1.05. The first-order valence-electron chi connectivity index (χ1n) is 3.36. The first-order valence-corrected chi connectivity index (χ1v) is 5.35. The molecule has 64 valence electrons. The number of pyridine rings is 1. The molecule has 2 rings (SSSR count). The van der Waals surface area contributed by atoms with E-state index in [9.17, 15) is 0 Å². The number of nitrogens with zero attached hydrogens (tertiary/aromatic N) is 2. The number of halogens is 2. The number of rotatable bonds is 0. The minimum atomic E-state index is 0.449. The molecule has 0 aliphatic heterocycles. The van der Waals surface area contributed by atoms with Crippen LogP contribution >= 0.6 is 38.9 Å². The van der Waals surface area contributed by atoms with Gasteiger partial charge in [0.1, 0.15) is 11.2 Å². The number of fused-ring (bicyclic) bond motifs is 1. The Hall–Kier alpha value is -0.630. The second-order valence-electron chi connectivity index (χ2n) is 2.37. The molecular weight excluding hydrogens is 272 g/mol. The van der Waals surface area contributed by atoms with Gasteiger partial charge in [-0.1, -0.05) is 11.6 Å². The average Bonchev–Trinajstić information content (AvgIpc) is 2.48. The summed E-state index contributed by atoms with van der Waals surface area (Å²) >= 11 is 10.7. The Labute approximate surface area is 91.9 Å². The fraction of sp³-hybridized carbons (Fsp3) is 0. The number of thiophene rings is 1. The molecule has 0 radical (unpaired) electrons. The largest absolute Gasteiger partial charge is 0.242 e. The van der Waals surface area contributed by atoms with Crippen LogP contribution in [0.25, 0.3) is 10.1 Å². The molecule has 0 fully saturated rings.